The van der Waals surface area contributed by atoms with E-state index < -0.39 is 11.4 Å². The number of carboxylic acids is 1. The lowest BCUT2D eigenvalue weighted by Crippen LogP contribution is -2.37. The molecule has 1 fully saturated rings. The first-order valence-corrected chi connectivity index (χ1v) is 13.2. The van der Waals surface area contributed by atoms with Gasteiger partial charge in [-0.2, -0.15) is 5.10 Å². The van der Waals surface area contributed by atoms with Gasteiger partial charge in [0, 0.05) is 30.9 Å². The number of carbonyl (C=O) groups excluding carboxylic acids is 1. The number of ketones is 1. The van der Waals surface area contributed by atoms with Gasteiger partial charge >= 0.3 is 5.97 Å². The molecule has 5 rings (SSSR count). The minimum absolute atomic E-state index is 0.108. The van der Waals surface area contributed by atoms with Crippen LogP contribution >= 0.6 is 0 Å². The number of pyridine rings is 1. The van der Waals surface area contributed by atoms with Crippen molar-refractivity contribution in [1.82, 2.24) is 19.7 Å². The van der Waals surface area contributed by atoms with Crippen molar-refractivity contribution in [2.24, 2.45) is 0 Å². The first-order chi connectivity index (χ1) is 17.8. The zero-order valence-electron chi connectivity index (χ0n) is 21.7. The van der Waals surface area contributed by atoms with E-state index in [-0.39, 0.29) is 12.2 Å². The number of benzene rings is 1. The number of hydrogen-bond donors (Lipinski definition) is 2. The van der Waals surface area contributed by atoms with Crippen LogP contribution in [0.15, 0.2) is 42.5 Å². The standard InChI is InChI=1S/C29H35N5O3/c1-20-16-21(2)34(32-20)25-8-3-7-23(17-25)29(19-33(18-26(29)35)15-5-9-27(36)37)13-12-24-11-10-22-6-4-14-30-28(22)31-24/h3,7-8,10-11,16-17H,4-6,9,12-15,18-19H2,1-2H3,(H,30,31)(H,36,37)/t29-/m0/s1. The predicted molar refractivity (Wildman–Crippen MR) is 142 cm³/mol. The molecule has 2 aromatic heterocycles. The second-order valence-electron chi connectivity index (χ2n) is 10.4. The first-order valence-electron chi connectivity index (χ1n) is 13.2. The number of nitrogens with one attached hydrogen (secondary N) is 1. The number of aryl methyl sites for hydroxylation is 4. The smallest absolute Gasteiger partial charge is 0.303 e. The molecule has 0 spiro atoms. The zero-order chi connectivity index (χ0) is 26.0. The summed E-state index contributed by atoms with van der Waals surface area (Å²) in [7, 11) is 0. The van der Waals surface area contributed by atoms with E-state index in [9.17, 15) is 9.59 Å². The van der Waals surface area contributed by atoms with Crippen LogP contribution in [0.3, 0.4) is 0 Å². The van der Waals surface area contributed by atoms with E-state index in [1.807, 2.05) is 36.7 Å². The summed E-state index contributed by atoms with van der Waals surface area (Å²) in [4.78, 5) is 31.8. The normalized spacial score (nSPS) is 19.6. The monoisotopic (exact) mass is 501 g/mol. The number of carbonyl (C=O) groups is 2. The molecule has 4 heterocycles. The third-order valence-electron chi connectivity index (χ3n) is 7.67. The Labute approximate surface area is 217 Å². The fourth-order valence-corrected chi connectivity index (χ4v) is 5.78. The van der Waals surface area contributed by atoms with Crippen molar-refractivity contribution in [2.75, 3.05) is 31.5 Å². The largest absolute Gasteiger partial charge is 0.481 e. The summed E-state index contributed by atoms with van der Waals surface area (Å²) in [5, 5.41) is 17.1. The van der Waals surface area contributed by atoms with E-state index in [2.05, 4.69) is 39.6 Å². The molecular weight excluding hydrogens is 466 g/mol. The van der Waals surface area contributed by atoms with Crippen LogP contribution < -0.4 is 5.32 Å². The van der Waals surface area contributed by atoms with Gasteiger partial charge in [0.1, 0.15) is 5.82 Å². The van der Waals surface area contributed by atoms with Gasteiger partial charge in [0.15, 0.2) is 5.78 Å². The van der Waals surface area contributed by atoms with Gasteiger partial charge in [0.05, 0.1) is 23.3 Å². The number of anilines is 1. The Hall–Kier alpha value is -3.52. The molecular formula is C29H35N5O3. The molecule has 8 heteroatoms. The maximum atomic E-state index is 13.8. The topological polar surface area (TPSA) is 100 Å². The fourth-order valence-electron chi connectivity index (χ4n) is 5.78. The zero-order valence-corrected chi connectivity index (χ0v) is 21.7. The van der Waals surface area contributed by atoms with Gasteiger partial charge in [0.2, 0.25) is 0 Å². The molecule has 1 saturated heterocycles. The third kappa shape index (κ3) is 5.30. The van der Waals surface area contributed by atoms with Crippen LogP contribution in [-0.2, 0) is 27.8 Å². The van der Waals surface area contributed by atoms with Gasteiger partial charge in [-0.15, -0.1) is 0 Å². The Bertz CT molecular complexity index is 1320. The number of aromatic nitrogens is 3. The van der Waals surface area contributed by atoms with E-state index in [1.165, 1.54) is 5.56 Å². The lowest BCUT2D eigenvalue weighted by atomic mass is 9.74. The van der Waals surface area contributed by atoms with Crippen LogP contribution in [0, 0.1) is 13.8 Å². The van der Waals surface area contributed by atoms with E-state index in [1.54, 1.807) is 0 Å². The predicted octanol–water partition coefficient (Wildman–Crippen LogP) is 3.86. The average molecular weight is 502 g/mol. The van der Waals surface area contributed by atoms with Crippen LogP contribution in [0.1, 0.15) is 53.9 Å². The van der Waals surface area contributed by atoms with E-state index >= 15 is 0 Å². The highest BCUT2D eigenvalue weighted by molar-refractivity contribution is 5.94. The van der Waals surface area contributed by atoms with Crippen molar-refractivity contribution in [3.05, 3.63) is 70.7 Å². The van der Waals surface area contributed by atoms with Crippen LogP contribution in [0.4, 0.5) is 5.82 Å². The number of fused-ring (bicyclic) bond motifs is 1. The molecule has 1 aromatic carbocycles. The molecule has 0 bridgehead atoms. The number of carboxylic acid groups (broad SMARTS) is 1. The van der Waals surface area contributed by atoms with Crippen LogP contribution in [0.2, 0.25) is 0 Å². The highest BCUT2D eigenvalue weighted by Crippen LogP contribution is 2.37. The fraction of sp³-hybridized carbons (Fsp3) is 0.448. The molecule has 3 aromatic rings. The van der Waals surface area contributed by atoms with Crippen molar-refractivity contribution >= 4 is 17.6 Å². The quantitative estimate of drug-likeness (QED) is 0.459. The summed E-state index contributed by atoms with van der Waals surface area (Å²) >= 11 is 0. The number of rotatable bonds is 9. The van der Waals surface area contributed by atoms with Gasteiger partial charge in [-0.25, -0.2) is 9.67 Å². The molecule has 0 aliphatic carbocycles. The lowest BCUT2D eigenvalue weighted by Gasteiger charge is -2.29. The Morgan fingerprint density at radius 1 is 1.19 bits per heavy atom. The Balaban J connectivity index is 1.45. The molecule has 2 N–H and O–H groups in total. The highest BCUT2D eigenvalue weighted by Gasteiger charge is 2.46. The molecule has 8 nitrogen and oxygen atoms in total. The summed E-state index contributed by atoms with van der Waals surface area (Å²) in [5.74, 6) is 0.350. The number of hydrogen-bond acceptors (Lipinski definition) is 6. The van der Waals surface area contributed by atoms with Gasteiger partial charge in [0.25, 0.3) is 0 Å². The number of Topliss-reactive ketones (excluding diaryl/α,β-unsaturated/α-hetero) is 1. The van der Waals surface area contributed by atoms with E-state index in [0.29, 0.717) is 38.9 Å². The van der Waals surface area contributed by atoms with Crippen molar-refractivity contribution < 1.29 is 14.7 Å². The van der Waals surface area contributed by atoms with Crippen LogP contribution in [-0.4, -0.2) is 62.7 Å². The van der Waals surface area contributed by atoms with Crippen molar-refractivity contribution in [2.45, 2.75) is 57.8 Å². The van der Waals surface area contributed by atoms with Gasteiger partial charge in [-0.3, -0.25) is 14.5 Å². The summed E-state index contributed by atoms with van der Waals surface area (Å²) in [6, 6.07) is 14.5. The lowest BCUT2D eigenvalue weighted by molar-refractivity contribution is -0.137. The molecule has 2 aliphatic rings. The maximum Gasteiger partial charge on any atom is 0.303 e. The SMILES string of the molecule is Cc1cc(C)n(-c2cccc([C@]3(CCc4ccc5c(n4)NCCC5)CN(CCCC(=O)O)CC3=O)c2)n1. The Morgan fingerprint density at radius 2 is 2.05 bits per heavy atom. The second-order valence-corrected chi connectivity index (χ2v) is 10.4. The number of aliphatic carboxylic acids is 1. The summed E-state index contributed by atoms with van der Waals surface area (Å²) in [6.45, 7) is 6.46. The Kier molecular flexibility index (Phi) is 7.11. The number of likely N-dealkylation sites (tertiary alicyclic amines) is 1. The molecule has 37 heavy (non-hydrogen) atoms. The number of nitrogens with zero attached hydrogens (tertiary/aromatic N) is 4. The van der Waals surface area contributed by atoms with E-state index in [0.717, 1.165) is 53.5 Å². The maximum absolute atomic E-state index is 13.8. The van der Waals surface area contributed by atoms with E-state index in [4.69, 9.17) is 10.1 Å². The highest BCUT2D eigenvalue weighted by atomic mass is 16.4. The third-order valence-corrected chi connectivity index (χ3v) is 7.67. The van der Waals surface area contributed by atoms with Gasteiger partial charge in [-0.05, 0) is 87.9 Å². The van der Waals surface area contributed by atoms with Crippen LogP contribution in [0.25, 0.3) is 5.69 Å². The molecule has 0 unspecified atom stereocenters. The van der Waals surface area contributed by atoms with Gasteiger partial charge in [-0.1, -0.05) is 18.2 Å². The molecule has 0 saturated carbocycles. The average Bonchev–Trinajstić information content (AvgIpc) is 3.40. The van der Waals surface area contributed by atoms with Crippen LogP contribution in [0.5, 0.6) is 0 Å². The van der Waals surface area contributed by atoms with Crippen molar-refractivity contribution in [1.29, 1.82) is 0 Å². The molecule has 0 radical (unpaired) electrons. The van der Waals surface area contributed by atoms with Gasteiger partial charge < -0.3 is 10.4 Å². The molecule has 1 atom stereocenters. The van der Waals surface area contributed by atoms with Crippen molar-refractivity contribution in [3.8, 4) is 5.69 Å². The summed E-state index contributed by atoms with van der Waals surface area (Å²) in [6.07, 6.45) is 4.14. The molecule has 2 aliphatic heterocycles. The second kappa shape index (κ2) is 10.5. The minimum Gasteiger partial charge on any atom is -0.481 e. The minimum atomic E-state index is -0.804. The van der Waals surface area contributed by atoms with Crippen molar-refractivity contribution in [3.63, 3.8) is 0 Å². The molecule has 194 valence electrons. The summed E-state index contributed by atoms with van der Waals surface area (Å²) < 4.78 is 1.92. The Morgan fingerprint density at radius 3 is 2.84 bits per heavy atom. The summed E-state index contributed by atoms with van der Waals surface area (Å²) in [5.41, 5.74) is 5.48. The molecule has 0 amide bonds. The first kappa shape index (κ1) is 25.1.